The zero-order valence-electron chi connectivity index (χ0n) is 11.6. The Morgan fingerprint density at radius 3 is 1.76 bits per heavy atom. The first-order chi connectivity index (χ1) is 10.1. The first kappa shape index (κ1) is 14.9. The van der Waals surface area contributed by atoms with Crippen LogP contribution in [0.3, 0.4) is 0 Å². The molecule has 2 rings (SSSR count). The maximum atomic E-state index is 9.86. The van der Waals surface area contributed by atoms with Gasteiger partial charge in [0.25, 0.3) is 0 Å². The van der Waals surface area contributed by atoms with E-state index in [1.165, 1.54) is 0 Å². The minimum atomic E-state index is -0.563. The van der Waals surface area contributed by atoms with Gasteiger partial charge in [0.1, 0.15) is 11.5 Å². The highest BCUT2D eigenvalue weighted by Crippen LogP contribution is 2.13. The van der Waals surface area contributed by atoms with Crippen LogP contribution in [-0.4, -0.2) is 21.4 Å². The van der Waals surface area contributed by atoms with E-state index in [4.69, 9.17) is 0 Å². The average Bonchev–Trinajstić information content (AvgIpc) is 2.49. The van der Waals surface area contributed by atoms with Crippen LogP contribution >= 0.6 is 0 Å². The maximum absolute atomic E-state index is 9.86. The molecule has 0 aromatic heterocycles. The minimum Gasteiger partial charge on any atom is -0.508 e. The van der Waals surface area contributed by atoms with Crippen LogP contribution in [0.2, 0.25) is 0 Å². The van der Waals surface area contributed by atoms with Crippen LogP contribution in [0.15, 0.2) is 60.7 Å². The topological polar surface area (TPSA) is 60.7 Å². The van der Waals surface area contributed by atoms with Gasteiger partial charge in [0.05, 0.1) is 6.10 Å². The standard InChI is InChI=1S/C18H18O3/c19-16(9-6-15-7-12-18(21)13-8-15)3-1-2-14-4-10-17(20)11-5-14/h1-2,4-13,16,19-21H,3H2. The van der Waals surface area contributed by atoms with Gasteiger partial charge in [0.15, 0.2) is 0 Å². The van der Waals surface area contributed by atoms with E-state index < -0.39 is 6.10 Å². The summed E-state index contributed by atoms with van der Waals surface area (Å²) < 4.78 is 0. The van der Waals surface area contributed by atoms with Crippen LogP contribution < -0.4 is 0 Å². The molecule has 0 saturated heterocycles. The molecule has 0 bridgehead atoms. The molecule has 3 heteroatoms. The van der Waals surface area contributed by atoms with Gasteiger partial charge in [-0.1, -0.05) is 48.6 Å². The highest BCUT2D eigenvalue weighted by atomic mass is 16.3. The number of aromatic hydroxyl groups is 2. The summed E-state index contributed by atoms with van der Waals surface area (Å²) in [6.45, 7) is 0. The van der Waals surface area contributed by atoms with E-state index in [9.17, 15) is 15.3 Å². The molecule has 3 nitrogen and oxygen atoms in total. The third-order valence-corrected chi connectivity index (χ3v) is 2.98. The van der Waals surface area contributed by atoms with Gasteiger partial charge < -0.3 is 15.3 Å². The Kier molecular flexibility index (Phi) is 5.18. The van der Waals surface area contributed by atoms with Crippen molar-refractivity contribution in [1.82, 2.24) is 0 Å². The molecule has 2 aromatic carbocycles. The van der Waals surface area contributed by atoms with Gasteiger partial charge in [0, 0.05) is 0 Å². The zero-order chi connectivity index (χ0) is 15.1. The van der Waals surface area contributed by atoms with E-state index >= 15 is 0 Å². The number of hydrogen-bond acceptors (Lipinski definition) is 3. The second kappa shape index (κ2) is 7.31. The molecule has 1 unspecified atom stereocenters. The smallest absolute Gasteiger partial charge is 0.115 e. The molecular weight excluding hydrogens is 264 g/mol. The van der Waals surface area contributed by atoms with Crippen LogP contribution in [-0.2, 0) is 0 Å². The summed E-state index contributed by atoms with van der Waals surface area (Å²) in [6, 6.07) is 13.7. The molecule has 0 fully saturated rings. The fraction of sp³-hybridized carbons (Fsp3) is 0.111. The minimum absolute atomic E-state index is 0.226. The van der Waals surface area contributed by atoms with Gasteiger partial charge in [-0.2, -0.15) is 0 Å². The van der Waals surface area contributed by atoms with Gasteiger partial charge in [-0.15, -0.1) is 0 Å². The molecular formula is C18H18O3. The second-order valence-corrected chi connectivity index (χ2v) is 4.75. The predicted molar refractivity (Wildman–Crippen MR) is 84.9 cm³/mol. The fourth-order valence-electron chi connectivity index (χ4n) is 1.82. The number of phenols is 2. The lowest BCUT2D eigenvalue weighted by Gasteiger charge is -2.01. The monoisotopic (exact) mass is 282 g/mol. The summed E-state index contributed by atoms with van der Waals surface area (Å²) in [5, 5.41) is 28.2. The summed E-state index contributed by atoms with van der Waals surface area (Å²) in [4.78, 5) is 0. The lowest BCUT2D eigenvalue weighted by atomic mass is 10.1. The molecule has 0 aliphatic rings. The lowest BCUT2D eigenvalue weighted by Crippen LogP contribution is -1.98. The second-order valence-electron chi connectivity index (χ2n) is 4.75. The number of rotatable bonds is 5. The maximum Gasteiger partial charge on any atom is 0.115 e. The summed E-state index contributed by atoms with van der Waals surface area (Å²) in [7, 11) is 0. The predicted octanol–water partition coefficient (Wildman–Crippen LogP) is 3.58. The molecule has 0 amide bonds. The molecule has 3 N–H and O–H groups in total. The van der Waals surface area contributed by atoms with E-state index in [0.717, 1.165) is 11.1 Å². The Morgan fingerprint density at radius 1 is 0.762 bits per heavy atom. The number of aliphatic hydroxyl groups is 1. The van der Waals surface area contributed by atoms with Crippen molar-refractivity contribution in [2.24, 2.45) is 0 Å². The highest BCUT2D eigenvalue weighted by molar-refractivity contribution is 5.52. The van der Waals surface area contributed by atoms with Crippen LogP contribution in [0.25, 0.3) is 12.2 Å². The fourth-order valence-corrected chi connectivity index (χ4v) is 1.82. The highest BCUT2D eigenvalue weighted by Gasteiger charge is 1.96. The summed E-state index contributed by atoms with van der Waals surface area (Å²) in [5.74, 6) is 0.466. The lowest BCUT2D eigenvalue weighted by molar-refractivity contribution is 0.228. The Hall–Kier alpha value is -2.52. The van der Waals surface area contributed by atoms with Crippen LogP contribution in [0.1, 0.15) is 17.5 Å². The van der Waals surface area contributed by atoms with Crippen molar-refractivity contribution in [2.45, 2.75) is 12.5 Å². The SMILES string of the molecule is Oc1ccc(C=CCC(O)C=Cc2ccc(O)cc2)cc1. The normalized spacial score (nSPS) is 13.0. The summed E-state index contributed by atoms with van der Waals surface area (Å²) >= 11 is 0. The van der Waals surface area contributed by atoms with Crippen LogP contribution in [0.4, 0.5) is 0 Å². The quantitative estimate of drug-likeness (QED) is 0.785. The Balaban J connectivity index is 1.85. The van der Waals surface area contributed by atoms with Crippen molar-refractivity contribution < 1.29 is 15.3 Å². The van der Waals surface area contributed by atoms with Gasteiger partial charge in [-0.25, -0.2) is 0 Å². The summed E-state index contributed by atoms with van der Waals surface area (Å²) in [5.41, 5.74) is 1.90. The first-order valence-corrected chi connectivity index (χ1v) is 6.74. The molecule has 0 heterocycles. The molecule has 108 valence electrons. The molecule has 0 radical (unpaired) electrons. The van der Waals surface area contributed by atoms with Gasteiger partial charge in [-0.05, 0) is 41.8 Å². The van der Waals surface area contributed by atoms with E-state index in [1.807, 2.05) is 30.4 Å². The Morgan fingerprint density at radius 2 is 1.24 bits per heavy atom. The van der Waals surface area contributed by atoms with Crippen molar-refractivity contribution in [3.63, 3.8) is 0 Å². The van der Waals surface area contributed by atoms with Crippen molar-refractivity contribution in [2.75, 3.05) is 0 Å². The largest absolute Gasteiger partial charge is 0.508 e. The average molecular weight is 282 g/mol. The van der Waals surface area contributed by atoms with Crippen molar-refractivity contribution in [1.29, 1.82) is 0 Å². The Bertz CT molecular complexity index is 610. The molecule has 0 saturated carbocycles. The molecule has 0 aliphatic carbocycles. The number of hydrogen-bond donors (Lipinski definition) is 3. The number of phenolic OH excluding ortho intramolecular Hbond substituents is 2. The van der Waals surface area contributed by atoms with Crippen molar-refractivity contribution in [3.05, 3.63) is 71.8 Å². The van der Waals surface area contributed by atoms with E-state index in [-0.39, 0.29) is 11.5 Å². The molecule has 1 atom stereocenters. The molecule has 0 aliphatic heterocycles. The van der Waals surface area contributed by atoms with Crippen molar-refractivity contribution >= 4 is 12.2 Å². The van der Waals surface area contributed by atoms with Crippen LogP contribution in [0.5, 0.6) is 11.5 Å². The molecule has 21 heavy (non-hydrogen) atoms. The van der Waals surface area contributed by atoms with E-state index in [2.05, 4.69) is 0 Å². The van der Waals surface area contributed by atoms with E-state index in [1.54, 1.807) is 42.5 Å². The van der Waals surface area contributed by atoms with Gasteiger partial charge in [-0.3, -0.25) is 0 Å². The number of benzene rings is 2. The number of aliphatic hydroxyl groups excluding tert-OH is 1. The Labute approximate surface area is 124 Å². The zero-order valence-corrected chi connectivity index (χ0v) is 11.6. The third kappa shape index (κ3) is 5.16. The third-order valence-electron chi connectivity index (χ3n) is 2.98. The van der Waals surface area contributed by atoms with Crippen LogP contribution in [0, 0.1) is 0 Å². The van der Waals surface area contributed by atoms with E-state index in [0.29, 0.717) is 6.42 Å². The van der Waals surface area contributed by atoms with Gasteiger partial charge in [0.2, 0.25) is 0 Å². The summed E-state index contributed by atoms with van der Waals surface area (Å²) in [6.07, 6.45) is 7.27. The van der Waals surface area contributed by atoms with Crippen molar-refractivity contribution in [3.8, 4) is 11.5 Å². The first-order valence-electron chi connectivity index (χ1n) is 6.74. The molecule has 2 aromatic rings. The van der Waals surface area contributed by atoms with Gasteiger partial charge >= 0.3 is 0 Å². The molecule has 0 spiro atoms.